The van der Waals surface area contributed by atoms with Crippen molar-refractivity contribution >= 4 is 17.7 Å². The first-order valence-electron chi connectivity index (χ1n) is 4.39. The molecule has 0 saturated carbocycles. The Morgan fingerprint density at radius 1 is 1.50 bits per heavy atom. The molecule has 14 heavy (non-hydrogen) atoms. The van der Waals surface area contributed by atoms with Gasteiger partial charge in [0.25, 0.3) is 0 Å². The fraction of sp³-hybridized carbons (Fsp3) is 0.273. The Morgan fingerprint density at radius 2 is 2.21 bits per heavy atom. The van der Waals surface area contributed by atoms with Gasteiger partial charge in [-0.2, -0.15) is 0 Å². The van der Waals surface area contributed by atoms with Gasteiger partial charge < -0.3 is 10.5 Å². The normalized spacial score (nSPS) is 10.9. The molecule has 2 N–H and O–H groups in total. The van der Waals surface area contributed by atoms with Gasteiger partial charge in [-0.3, -0.25) is 0 Å². The average molecular weight is 212 g/mol. The Morgan fingerprint density at radius 3 is 2.79 bits per heavy atom. The van der Waals surface area contributed by atoms with Gasteiger partial charge in [-0.05, 0) is 30.2 Å². The van der Waals surface area contributed by atoms with Crippen molar-refractivity contribution in [3.63, 3.8) is 0 Å². The first kappa shape index (κ1) is 11.1. The highest BCUT2D eigenvalue weighted by Gasteiger charge is 2.03. The van der Waals surface area contributed by atoms with Gasteiger partial charge in [0.2, 0.25) is 0 Å². The molecular weight excluding hydrogens is 198 g/mol. The quantitative estimate of drug-likeness (QED) is 0.834. The van der Waals surface area contributed by atoms with Gasteiger partial charge in [0, 0.05) is 11.6 Å². The zero-order chi connectivity index (χ0) is 10.6. The van der Waals surface area contributed by atoms with E-state index in [0.717, 1.165) is 16.9 Å². The third-order valence-corrected chi connectivity index (χ3v) is 2.42. The third-order valence-electron chi connectivity index (χ3n) is 2.03. The van der Waals surface area contributed by atoms with Gasteiger partial charge in [-0.15, -0.1) is 0 Å². The van der Waals surface area contributed by atoms with Crippen LogP contribution in [0.4, 0.5) is 0 Å². The molecule has 0 atom stereocenters. The summed E-state index contributed by atoms with van der Waals surface area (Å²) >= 11 is 6.03. The van der Waals surface area contributed by atoms with E-state index < -0.39 is 0 Å². The number of methoxy groups -OCH3 is 1. The molecule has 0 amide bonds. The number of ether oxygens (including phenoxy) is 1. The average Bonchev–Trinajstić information content (AvgIpc) is 2.20. The van der Waals surface area contributed by atoms with Crippen molar-refractivity contribution in [1.29, 1.82) is 0 Å². The molecule has 0 unspecified atom stereocenters. The monoisotopic (exact) mass is 211 g/mol. The van der Waals surface area contributed by atoms with E-state index in [1.54, 1.807) is 13.2 Å². The van der Waals surface area contributed by atoms with E-state index in [0.29, 0.717) is 11.6 Å². The fourth-order valence-electron chi connectivity index (χ4n) is 1.16. The molecule has 0 aliphatic rings. The van der Waals surface area contributed by atoms with Crippen LogP contribution in [-0.2, 0) is 0 Å². The fourth-order valence-corrected chi connectivity index (χ4v) is 1.38. The summed E-state index contributed by atoms with van der Waals surface area (Å²) in [5.41, 5.74) is 7.46. The maximum absolute atomic E-state index is 6.03. The van der Waals surface area contributed by atoms with E-state index in [1.807, 2.05) is 25.1 Å². The van der Waals surface area contributed by atoms with Crippen LogP contribution in [0.15, 0.2) is 18.2 Å². The Kier molecular flexibility index (Phi) is 3.98. The Hall–Kier alpha value is -0.990. The van der Waals surface area contributed by atoms with Crippen LogP contribution in [0.2, 0.25) is 5.02 Å². The van der Waals surface area contributed by atoms with Crippen molar-refractivity contribution in [1.82, 2.24) is 0 Å². The topological polar surface area (TPSA) is 35.2 Å². The van der Waals surface area contributed by atoms with Crippen molar-refractivity contribution < 1.29 is 4.74 Å². The molecular formula is C11H14ClNO. The molecule has 1 rings (SSSR count). The lowest BCUT2D eigenvalue weighted by atomic mass is 10.1. The highest BCUT2D eigenvalue weighted by molar-refractivity contribution is 6.31. The van der Waals surface area contributed by atoms with E-state index in [9.17, 15) is 0 Å². The standard InChI is InChI=1S/C11H14ClNO/c1-8-9(4-3-5-13)6-10(14-2)7-11(8)12/h3-4,6-7H,5,13H2,1-2H3/b4-3+. The summed E-state index contributed by atoms with van der Waals surface area (Å²) in [7, 11) is 1.62. The first-order valence-corrected chi connectivity index (χ1v) is 4.77. The number of nitrogens with two attached hydrogens (primary N) is 1. The molecule has 0 bridgehead atoms. The molecule has 0 fully saturated rings. The summed E-state index contributed by atoms with van der Waals surface area (Å²) in [4.78, 5) is 0. The second-order valence-electron chi connectivity index (χ2n) is 2.96. The number of benzene rings is 1. The molecule has 76 valence electrons. The molecule has 0 heterocycles. The van der Waals surface area contributed by atoms with E-state index in [1.165, 1.54) is 0 Å². The minimum absolute atomic E-state index is 0.522. The van der Waals surface area contributed by atoms with Crippen LogP contribution in [0.5, 0.6) is 5.75 Å². The van der Waals surface area contributed by atoms with Crippen LogP contribution in [0.25, 0.3) is 6.08 Å². The molecule has 0 aliphatic heterocycles. The number of rotatable bonds is 3. The summed E-state index contributed by atoms with van der Waals surface area (Å²) in [5, 5.41) is 0.709. The summed E-state index contributed by atoms with van der Waals surface area (Å²) < 4.78 is 5.12. The molecule has 3 heteroatoms. The Bertz CT molecular complexity index is 347. The minimum atomic E-state index is 0.522. The van der Waals surface area contributed by atoms with Crippen LogP contribution in [0.1, 0.15) is 11.1 Å². The number of hydrogen-bond acceptors (Lipinski definition) is 2. The van der Waals surface area contributed by atoms with Gasteiger partial charge >= 0.3 is 0 Å². The third kappa shape index (κ3) is 2.50. The maximum Gasteiger partial charge on any atom is 0.120 e. The Balaban J connectivity index is 3.13. The minimum Gasteiger partial charge on any atom is -0.497 e. The van der Waals surface area contributed by atoms with Crippen LogP contribution >= 0.6 is 11.6 Å². The molecule has 0 saturated heterocycles. The van der Waals surface area contributed by atoms with E-state index in [4.69, 9.17) is 22.1 Å². The SMILES string of the molecule is COc1cc(Cl)c(C)c(/C=C/CN)c1. The van der Waals surface area contributed by atoms with Crippen LogP contribution in [0.3, 0.4) is 0 Å². The molecule has 1 aromatic carbocycles. The van der Waals surface area contributed by atoms with Crippen LogP contribution < -0.4 is 10.5 Å². The van der Waals surface area contributed by atoms with Crippen molar-refractivity contribution in [3.05, 3.63) is 34.4 Å². The lowest BCUT2D eigenvalue weighted by Crippen LogP contribution is -1.93. The maximum atomic E-state index is 6.03. The second kappa shape index (κ2) is 5.03. The summed E-state index contributed by atoms with van der Waals surface area (Å²) in [5.74, 6) is 0.761. The molecule has 0 radical (unpaired) electrons. The van der Waals surface area contributed by atoms with Gasteiger partial charge in [0.15, 0.2) is 0 Å². The largest absolute Gasteiger partial charge is 0.497 e. The summed E-state index contributed by atoms with van der Waals surface area (Å²) in [6.07, 6.45) is 3.84. The van der Waals surface area contributed by atoms with Gasteiger partial charge in [0.05, 0.1) is 7.11 Å². The molecule has 0 aliphatic carbocycles. The van der Waals surface area contributed by atoms with Crippen molar-refractivity contribution in [2.75, 3.05) is 13.7 Å². The number of halogens is 1. The first-order chi connectivity index (χ1) is 6.69. The lowest BCUT2D eigenvalue weighted by Gasteiger charge is -2.06. The van der Waals surface area contributed by atoms with Crippen LogP contribution in [-0.4, -0.2) is 13.7 Å². The lowest BCUT2D eigenvalue weighted by molar-refractivity contribution is 0.414. The van der Waals surface area contributed by atoms with Crippen molar-refractivity contribution in [3.8, 4) is 5.75 Å². The second-order valence-corrected chi connectivity index (χ2v) is 3.37. The van der Waals surface area contributed by atoms with Crippen molar-refractivity contribution in [2.24, 2.45) is 5.73 Å². The molecule has 1 aromatic rings. The van der Waals surface area contributed by atoms with Gasteiger partial charge in [0.1, 0.15) is 5.75 Å². The smallest absolute Gasteiger partial charge is 0.120 e. The highest BCUT2D eigenvalue weighted by Crippen LogP contribution is 2.26. The van der Waals surface area contributed by atoms with E-state index in [2.05, 4.69) is 0 Å². The van der Waals surface area contributed by atoms with Crippen LogP contribution in [0, 0.1) is 6.92 Å². The molecule has 0 aromatic heterocycles. The summed E-state index contributed by atoms with van der Waals surface area (Å²) in [6, 6.07) is 3.74. The Labute approximate surface area is 89.3 Å². The summed E-state index contributed by atoms with van der Waals surface area (Å²) in [6.45, 7) is 2.49. The van der Waals surface area contributed by atoms with Gasteiger partial charge in [-0.1, -0.05) is 23.8 Å². The number of hydrogen-bond donors (Lipinski definition) is 1. The zero-order valence-electron chi connectivity index (χ0n) is 8.38. The van der Waals surface area contributed by atoms with Crippen molar-refractivity contribution in [2.45, 2.75) is 6.92 Å². The van der Waals surface area contributed by atoms with E-state index in [-0.39, 0.29) is 0 Å². The van der Waals surface area contributed by atoms with E-state index >= 15 is 0 Å². The molecule has 0 spiro atoms. The zero-order valence-corrected chi connectivity index (χ0v) is 9.14. The predicted molar refractivity (Wildman–Crippen MR) is 60.8 cm³/mol. The predicted octanol–water partition coefficient (Wildman–Crippen LogP) is 2.63. The highest BCUT2D eigenvalue weighted by atomic mass is 35.5. The molecule has 2 nitrogen and oxygen atoms in total. The van der Waals surface area contributed by atoms with Gasteiger partial charge in [-0.25, -0.2) is 0 Å².